The molecule has 766 valence electrons. The number of ether oxygens (including phenoxy) is 1. The molecule has 0 aliphatic carbocycles. The third kappa shape index (κ3) is 76.1. The molecule has 0 spiro atoms. The Morgan fingerprint density at radius 3 is 1.03 bits per heavy atom. The maximum Gasteiger partial charge on any atom is 0.317 e. The number of rotatable bonds is 49. The number of aromatic nitrogens is 3. The molecule has 0 aromatic carbocycles. The van der Waals surface area contributed by atoms with Crippen molar-refractivity contribution in [3.63, 3.8) is 0 Å². The van der Waals surface area contributed by atoms with Crippen molar-refractivity contribution in [2.75, 3.05) is 219 Å². The minimum absolute atomic E-state index is 0. The quantitative estimate of drug-likeness (QED) is 0.00422. The summed E-state index contributed by atoms with van der Waals surface area (Å²) in [6.45, 7) is 9.99. The van der Waals surface area contributed by atoms with Crippen LogP contribution in [0.2, 0.25) is 0 Å². The van der Waals surface area contributed by atoms with Crippen LogP contribution in [0.15, 0.2) is 16.4 Å². The van der Waals surface area contributed by atoms with Crippen molar-refractivity contribution in [2.45, 2.75) is 232 Å². The van der Waals surface area contributed by atoms with Gasteiger partial charge in [0.2, 0.25) is 17.5 Å². The van der Waals surface area contributed by atoms with E-state index in [4.69, 9.17) is 45.4 Å². The summed E-state index contributed by atoms with van der Waals surface area (Å²) in [6.07, 6.45) is 39.4. The van der Waals surface area contributed by atoms with E-state index in [1.165, 1.54) is 144 Å². The molecule has 8 aliphatic rings. The van der Waals surface area contributed by atoms with Gasteiger partial charge in [0, 0.05) is 319 Å². The van der Waals surface area contributed by atoms with E-state index < -0.39 is 41.8 Å². The van der Waals surface area contributed by atoms with Gasteiger partial charge in [-0.25, -0.2) is 0 Å². The first-order valence-corrected chi connectivity index (χ1v) is 58.4. The number of carboxylic acids is 7. The van der Waals surface area contributed by atoms with Crippen molar-refractivity contribution < 1.29 is 173 Å². The number of carboxylic acid groups (broad SMARTS) is 7. The number of H-pyrrole nitrogens is 1. The van der Waals surface area contributed by atoms with Gasteiger partial charge in [0.1, 0.15) is 14.4 Å². The Bertz CT molecular complexity index is 3330. The average Bonchev–Trinajstić information content (AvgIpc) is 1.60. The summed E-state index contributed by atoms with van der Waals surface area (Å²) in [5, 5.41) is 96.8. The summed E-state index contributed by atoms with van der Waals surface area (Å²) >= 11 is 0. The fourth-order valence-electron chi connectivity index (χ4n) is 14.4. The number of aliphatic hydroxyl groups excluding tert-OH is 1. The minimum Gasteiger partial charge on any atom is -0.481 e. The molecule has 1 aromatic heterocycles. The zero-order chi connectivity index (χ0) is 96.2. The predicted octanol–water partition coefficient (Wildman–Crippen LogP) is 11.3. The Labute approximate surface area is 898 Å². The molecular weight excluding hydrogens is 2210 g/mol. The van der Waals surface area contributed by atoms with Gasteiger partial charge in [-0.2, -0.15) is 4.68 Å². The first-order valence-electron chi connectivity index (χ1n) is 46.5. The molecule has 0 bridgehead atoms. The summed E-state index contributed by atoms with van der Waals surface area (Å²) in [5.41, 5.74) is 16.8. The monoisotopic (exact) mass is 2360 g/mol. The number of aliphatic carboxylic acids is 7. The number of nitrogens with one attached hydrogen (secondary N) is 3. The second-order valence-corrected chi connectivity index (χ2v) is 46.8. The van der Waals surface area contributed by atoms with E-state index >= 15 is 0 Å². The number of carbonyl (C=O) groups excluding carboxylic acids is 2. The van der Waals surface area contributed by atoms with Crippen molar-refractivity contribution in [3.8, 4) is 12.3 Å². The van der Waals surface area contributed by atoms with Crippen molar-refractivity contribution >= 4 is 169 Å². The van der Waals surface area contributed by atoms with Crippen molar-refractivity contribution in [1.29, 1.82) is 0 Å². The number of hydrogen-bond donors (Lipinski definition) is 11. The summed E-state index contributed by atoms with van der Waals surface area (Å²) in [4.78, 5) is 123. The molecule has 0 saturated carbocycles. The minimum atomic E-state index is -0.999. The average molecular weight is 2360 g/mol. The van der Waals surface area contributed by atoms with Crippen LogP contribution in [0.3, 0.4) is 0 Å². The molecule has 134 heavy (non-hydrogen) atoms. The van der Waals surface area contributed by atoms with E-state index in [-0.39, 0.29) is 156 Å². The maximum absolute atomic E-state index is 12.7. The Morgan fingerprint density at radius 2 is 0.761 bits per heavy atom. The first-order chi connectivity index (χ1) is 63.8. The molecule has 6 atom stereocenters. The van der Waals surface area contributed by atoms with Gasteiger partial charge in [-0.15, -0.1) is 6.42 Å². The number of hydrogen-bond acceptors (Lipinski definition) is 32. The Hall–Kier alpha value is -1.64. The van der Waals surface area contributed by atoms with E-state index in [0.717, 1.165) is 96.5 Å². The Balaban J connectivity index is 0.000000865. The van der Waals surface area contributed by atoms with E-state index in [0.29, 0.717) is 150 Å². The molecule has 9 heterocycles. The molecule has 2 radical (unpaired) electrons. The van der Waals surface area contributed by atoms with Crippen LogP contribution in [0.25, 0.3) is 20.9 Å². The number of amides is 2. The molecular formula is C84H149BGd2N19O18S10+. The molecule has 8 aliphatic heterocycles. The molecule has 9 rings (SSSR count). The molecule has 6 unspecified atom stereocenters. The summed E-state index contributed by atoms with van der Waals surface area (Å²) in [7, 11) is 25.4. The van der Waals surface area contributed by atoms with Gasteiger partial charge in [0.25, 0.3) is 0 Å². The number of aryl methyl sites for hydroxylation is 1. The van der Waals surface area contributed by atoms with E-state index in [1.807, 2.05) is 118 Å². The largest absolute Gasteiger partial charge is 0.481 e. The van der Waals surface area contributed by atoms with Gasteiger partial charge in [0.15, 0.2) is 6.20 Å². The van der Waals surface area contributed by atoms with Crippen LogP contribution in [0.4, 0.5) is 0 Å². The molecule has 2 amide bonds. The first kappa shape index (κ1) is 130. The SMILES string of the molecule is C#CCNC(=O)CCN1CCN(CC(=O)O)CCN(CC(=O)O)CCN(CC(=O)O)CC1.O=C(O)CCCCC1CCSS1.O=C(O)CN1CCN(CCC(=O)NCc2c[n+](CCCCCC3CCSS3)[nH]n2)CCN(CC(=O)O)CCN(CC(=O)O)CC1.OCCCCCC1CCSS1.[B]C1CCCO1.[Gd].[Gd].[N-]=[N+]=NCCCCCC1CCSS1.[N-]=[N+]=NCCCCCC1CCSS1. The number of nitrogens with zero attached hydrogens (tertiary/aromatic N) is 16. The van der Waals surface area contributed by atoms with Crippen LogP contribution in [-0.2, 0) is 61.0 Å². The fourth-order valence-corrected chi connectivity index (χ4v) is 29.6. The van der Waals surface area contributed by atoms with E-state index in [9.17, 15) is 68.7 Å². The normalized spacial score (nSPS) is 20.7. The van der Waals surface area contributed by atoms with Crippen LogP contribution in [-0.4, -0.2) is 403 Å². The number of azide groups is 2. The number of terminal acetylenes is 1. The number of carbonyl (C=O) groups is 9. The summed E-state index contributed by atoms with van der Waals surface area (Å²) < 4.78 is 6.88. The maximum atomic E-state index is 12.7. The predicted molar refractivity (Wildman–Crippen MR) is 541 cm³/mol. The van der Waals surface area contributed by atoms with Gasteiger partial charge >= 0.3 is 41.8 Å². The molecule has 50 heteroatoms. The second-order valence-electron chi connectivity index (χ2n) is 32.9. The van der Waals surface area contributed by atoms with Crippen molar-refractivity contribution in [1.82, 2.24) is 60.1 Å². The van der Waals surface area contributed by atoms with Gasteiger partial charge in [-0.3, -0.25) is 72.6 Å². The van der Waals surface area contributed by atoms with Crippen LogP contribution < -0.4 is 15.3 Å². The topological polar surface area (TPSA) is 505 Å². The molecule has 1 aromatic rings. The van der Waals surface area contributed by atoms with Crippen LogP contribution in [0.5, 0.6) is 0 Å². The standard InChI is InChI=1S/C28H48N8O7S2.C20H33N5O7.2C8H15N3S2.C8H14O2S2.C8H16OS2.C4H7BO.2Gd/c37-25(29-18-23-19-36(31-30-23)7-3-1-2-4-24-6-17-44-45-24)5-8-32-9-11-33(20-26(38)39)13-15-35(22-28(42)43)16-14-34(12-10-32)21-27(40)41;1-2-4-21-17(26)3-5-22-6-8-23(14-18(27)28)10-12-25(16-20(31)32)13-11-24(9-7-22)15-19(29)30;2*9-11-10-6-3-1-2-4-8-5-7-12-13-8;9-8(10)4-2-1-3-7-5-6-11-12-7;9-6-3-1-2-4-8-5-7-10-11-8;5-4-2-1-3-6-4;;/h19,24H,1-18,20-22H2,(H4,29,37,38,39,40,41,42,43);1H,3-16H2,(H,21,26)(H,27,28)(H,29,30)(H,31,32);2*8H,1-7H2;7H,1-6H2,(H,9,10);8-9H,1-7H2;4H,1-3H2;;/p+1. The Morgan fingerprint density at radius 1 is 0.448 bits per heavy atom. The van der Waals surface area contributed by atoms with Gasteiger partial charge in [-0.05, 0) is 127 Å². The van der Waals surface area contributed by atoms with E-state index in [2.05, 4.69) is 57.7 Å². The smallest absolute Gasteiger partial charge is 0.317 e. The molecule has 8 saturated heterocycles. The number of unbranched alkanes of at least 4 members (excludes halogenated alkanes) is 9. The fraction of sp³-hybridized carbons (Fsp3) is 0.845. The molecule has 37 nitrogen and oxygen atoms in total. The van der Waals surface area contributed by atoms with Gasteiger partial charge in [-0.1, -0.05) is 181 Å². The molecule has 8 fully saturated rings. The van der Waals surface area contributed by atoms with Gasteiger partial charge in [0.05, 0.1) is 52.4 Å². The van der Waals surface area contributed by atoms with Crippen molar-refractivity contribution in [3.05, 3.63) is 32.8 Å². The van der Waals surface area contributed by atoms with Crippen LogP contribution in [0, 0.1) is 92.2 Å². The number of aromatic amines is 1. The zero-order valence-electron chi connectivity index (χ0n) is 77.8. The second kappa shape index (κ2) is 87.9. The number of aliphatic hydroxyl groups is 1. The van der Waals surface area contributed by atoms with Crippen LogP contribution in [0.1, 0.15) is 192 Å². The Kier molecular flexibility index (Phi) is 85.5. The summed E-state index contributed by atoms with van der Waals surface area (Å²) in [5.74, 6) is 2.00. The van der Waals surface area contributed by atoms with E-state index in [1.54, 1.807) is 29.4 Å². The third-order valence-corrected chi connectivity index (χ3v) is 36.9. The van der Waals surface area contributed by atoms with Crippen molar-refractivity contribution in [2.24, 2.45) is 10.2 Å². The summed E-state index contributed by atoms with van der Waals surface area (Å²) in [6, 6.07) is 0.0463. The van der Waals surface area contributed by atoms with Gasteiger partial charge < -0.3 is 66.0 Å². The zero-order valence-corrected chi connectivity index (χ0v) is 90.5. The van der Waals surface area contributed by atoms with Crippen LogP contribution >= 0.6 is 108 Å². The molecule has 11 N–H and O–H groups in total. The third-order valence-electron chi connectivity index (χ3n) is 21.9.